The second-order valence-corrected chi connectivity index (χ2v) is 10.0. The van der Waals surface area contributed by atoms with E-state index >= 15 is 0 Å². The highest BCUT2D eigenvalue weighted by molar-refractivity contribution is 6.03. The van der Waals surface area contributed by atoms with Crippen molar-refractivity contribution in [2.24, 2.45) is 5.10 Å². The standard InChI is InChI=1S/C34H30N4/c1-23-12-16-25(17-13-23)28-20-29(26-18-14-24(2)15-19-26)22-30(21-28)37-38-34-35-32-11-7-6-10-31(32)33(36-34)27-8-4-3-5-9-27/h3-19,21,29H,20,22H2,1-2H3,(H,35,36,38). The molecule has 5 aromatic rings. The lowest BCUT2D eigenvalue weighted by Gasteiger charge is -2.25. The van der Waals surface area contributed by atoms with Crippen LogP contribution in [0.3, 0.4) is 0 Å². The van der Waals surface area contributed by atoms with Crippen LogP contribution in [0, 0.1) is 13.8 Å². The van der Waals surface area contributed by atoms with Crippen molar-refractivity contribution >= 4 is 28.1 Å². The summed E-state index contributed by atoms with van der Waals surface area (Å²) in [5.41, 5.74) is 13.5. The first kappa shape index (κ1) is 23.8. The molecule has 1 N–H and O–H groups in total. The number of nitrogens with zero attached hydrogens (tertiary/aromatic N) is 3. The predicted octanol–water partition coefficient (Wildman–Crippen LogP) is 8.34. The highest BCUT2D eigenvalue weighted by Gasteiger charge is 2.22. The zero-order valence-corrected chi connectivity index (χ0v) is 21.7. The number of nitrogens with one attached hydrogen (secondary N) is 1. The number of anilines is 1. The van der Waals surface area contributed by atoms with Gasteiger partial charge in [-0.2, -0.15) is 5.10 Å². The Morgan fingerprint density at radius 3 is 2.13 bits per heavy atom. The Bertz CT molecular complexity index is 1630. The third-order valence-electron chi connectivity index (χ3n) is 7.18. The molecule has 38 heavy (non-hydrogen) atoms. The van der Waals surface area contributed by atoms with Crippen molar-refractivity contribution in [2.45, 2.75) is 32.6 Å². The molecule has 186 valence electrons. The minimum atomic E-state index is 0.356. The maximum absolute atomic E-state index is 4.88. The van der Waals surface area contributed by atoms with E-state index in [1.807, 2.05) is 36.4 Å². The Morgan fingerprint density at radius 2 is 1.37 bits per heavy atom. The van der Waals surface area contributed by atoms with Crippen LogP contribution in [0.1, 0.15) is 41.0 Å². The topological polar surface area (TPSA) is 50.2 Å². The Labute approximate surface area is 223 Å². The van der Waals surface area contributed by atoms with E-state index in [9.17, 15) is 0 Å². The van der Waals surface area contributed by atoms with Crippen LogP contribution in [0.15, 0.2) is 114 Å². The fourth-order valence-electron chi connectivity index (χ4n) is 5.09. The Balaban J connectivity index is 1.37. The molecule has 4 nitrogen and oxygen atoms in total. The molecule has 0 spiro atoms. The maximum atomic E-state index is 4.88. The van der Waals surface area contributed by atoms with E-state index in [0.717, 1.165) is 40.7 Å². The van der Waals surface area contributed by atoms with Gasteiger partial charge in [-0.3, -0.25) is 0 Å². The molecular formula is C34H30N4. The highest BCUT2D eigenvalue weighted by atomic mass is 15.4. The Kier molecular flexibility index (Phi) is 6.53. The van der Waals surface area contributed by atoms with Crippen LogP contribution in [-0.2, 0) is 0 Å². The van der Waals surface area contributed by atoms with Crippen molar-refractivity contribution in [3.8, 4) is 11.3 Å². The van der Waals surface area contributed by atoms with E-state index in [2.05, 4.69) is 92.1 Å². The number of hydrogen-bond acceptors (Lipinski definition) is 4. The van der Waals surface area contributed by atoms with Gasteiger partial charge in [0, 0.05) is 10.9 Å². The van der Waals surface area contributed by atoms with E-state index in [4.69, 9.17) is 15.1 Å². The second-order valence-electron chi connectivity index (χ2n) is 10.0. The summed E-state index contributed by atoms with van der Waals surface area (Å²) < 4.78 is 0. The van der Waals surface area contributed by atoms with Gasteiger partial charge in [0.15, 0.2) is 0 Å². The van der Waals surface area contributed by atoms with Gasteiger partial charge in [0.25, 0.3) is 0 Å². The molecule has 1 heterocycles. The average Bonchev–Trinajstić information content (AvgIpc) is 2.97. The van der Waals surface area contributed by atoms with Crippen molar-refractivity contribution in [3.05, 3.63) is 131 Å². The van der Waals surface area contributed by atoms with Crippen LogP contribution in [0.4, 0.5) is 5.95 Å². The number of aryl methyl sites for hydroxylation is 2. The first-order chi connectivity index (χ1) is 18.6. The van der Waals surface area contributed by atoms with Crippen molar-refractivity contribution in [1.82, 2.24) is 9.97 Å². The van der Waals surface area contributed by atoms with Crippen LogP contribution < -0.4 is 5.43 Å². The molecule has 0 radical (unpaired) electrons. The van der Waals surface area contributed by atoms with Crippen LogP contribution in [0.2, 0.25) is 0 Å². The molecule has 1 aliphatic rings. The van der Waals surface area contributed by atoms with Gasteiger partial charge in [0.1, 0.15) is 0 Å². The van der Waals surface area contributed by atoms with Crippen LogP contribution in [0.5, 0.6) is 0 Å². The number of para-hydroxylation sites is 1. The smallest absolute Gasteiger partial charge is 0.244 e. The quantitative estimate of drug-likeness (QED) is 0.250. The van der Waals surface area contributed by atoms with E-state index < -0.39 is 0 Å². The summed E-state index contributed by atoms with van der Waals surface area (Å²) in [7, 11) is 0. The highest BCUT2D eigenvalue weighted by Crippen LogP contribution is 2.36. The number of hydrogen-bond donors (Lipinski definition) is 1. The number of fused-ring (bicyclic) bond motifs is 1. The number of allylic oxidation sites excluding steroid dienone is 2. The second kappa shape index (κ2) is 10.4. The molecule has 4 heteroatoms. The molecule has 0 saturated heterocycles. The molecule has 0 fully saturated rings. The molecule has 6 rings (SSSR count). The maximum Gasteiger partial charge on any atom is 0.244 e. The molecule has 1 aliphatic carbocycles. The zero-order valence-electron chi connectivity index (χ0n) is 21.7. The van der Waals surface area contributed by atoms with Crippen LogP contribution in [-0.4, -0.2) is 15.7 Å². The summed E-state index contributed by atoms with van der Waals surface area (Å²) in [6.07, 6.45) is 4.06. The lowest BCUT2D eigenvalue weighted by molar-refractivity contribution is 0.731. The monoisotopic (exact) mass is 494 g/mol. The van der Waals surface area contributed by atoms with Gasteiger partial charge in [-0.15, -0.1) is 0 Å². The molecule has 0 bridgehead atoms. The van der Waals surface area contributed by atoms with Gasteiger partial charge in [-0.25, -0.2) is 15.4 Å². The minimum absolute atomic E-state index is 0.356. The first-order valence-corrected chi connectivity index (χ1v) is 13.1. The van der Waals surface area contributed by atoms with E-state index in [1.54, 1.807) is 0 Å². The summed E-state index contributed by atoms with van der Waals surface area (Å²) in [5, 5.41) is 5.87. The molecule has 4 aromatic carbocycles. The molecule has 0 saturated carbocycles. The Morgan fingerprint density at radius 1 is 0.684 bits per heavy atom. The summed E-state index contributed by atoms with van der Waals surface area (Å²) in [6.45, 7) is 4.25. The number of aromatic nitrogens is 2. The lowest BCUT2D eigenvalue weighted by Crippen LogP contribution is -2.14. The van der Waals surface area contributed by atoms with Gasteiger partial charge in [-0.1, -0.05) is 108 Å². The molecule has 1 aromatic heterocycles. The summed E-state index contributed by atoms with van der Waals surface area (Å²) >= 11 is 0. The van der Waals surface area contributed by atoms with Crippen molar-refractivity contribution in [2.75, 3.05) is 5.43 Å². The normalized spacial score (nSPS) is 16.4. The predicted molar refractivity (Wildman–Crippen MR) is 158 cm³/mol. The third kappa shape index (κ3) is 5.12. The van der Waals surface area contributed by atoms with Crippen LogP contribution in [0.25, 0.3) is 27.7 Å². The Hall–Kier alpha value is -4.57. The minimum Gasteiger partial charge on any atom is -0.245 e. The van der Waals surface area contributed by atoms with Gasteiger partial charge in [0.2, 0.25) is 5.95 Å². The van der Waals surface area contributed by atoms with E-state index in [1.165, 1.54) is 27.8 Å². The largest absolute Gasteiger partial charge is 0.245 e. The summed E-state index contributed by atoms with van der Waals surface area (Å²) in [6, 6.07) is 36.0. The number of rotatable bonds is 5. The number of hydrazone groups is 1. The van der Waals surface area contributed by atoms with E-state index in [0.29, 0.717) is 11.9 Å². The van der Waals surface area contributed by atoms with Gasteiger partial charge in [0.05, 0.1) is 16.9 Å². The zero-order chi connectivity index (χ0) is 25.9. The van der Waals surface area contributed by atoms with Crippen molar-refractivity contribution in [1.29, 1.82) is 0 Å². The van der Waals surface area contributed by atoms with Crippen molar-refractivity contribution < 1.29 is 0 Å². The summed E-state index contributed by atoms with van der Waals surface area (Å²) in [5.74, 6) is 0.854. The average molecular weight is 495 g/mol. The van der Waals surface area contributed by atoms with Crippen LogP contribution >= 0.6 is 0 Å². The number of benzene rings is 4. The lowest BCUT2D eigenvalue weighted by atomic mass is 9.80. The first-order valence-electron chi connectivity index (χ1n) is 13.1. The fraction of sp³-hybridized carbons (Fsp3) is 0.147. The molecule has 1 atom stereocenters. The molecular weight excluding hydrogens is 464 g/mol. The van der Waals surface area contributed by atoms with E-state index in [-0.39, 0.29) is 0 Å². The van der Waals surface area contributed by atoms with Gasteiger partial charge in [-0.05, 0) is 61.4 Å². The fourth-order valence-corrected chi connectivity index (χ4v) is 5.09. The third-order valence-corrected chi connectivity index (χ3v) is 7.18. The molecule has 0 aliphatic heterocycles. The van der Waals surface area contributed by atoms with Crippen molar-refractivity contribution in [3.63, 3.8) is 0 Å². The molecule has 1 unspecified atom stereocenters. The van der Waals surface area contributed by atoms with Gasteiger partial charge < -0.3 is 0 Å². The van der Waals surface area contributed by atoms with Gasteiger partial charge >= 0.3 is 0 Å². The molecule has 0 amide bonds. The summed E-state index contributed by atoms with van der Waals surface area (Å²) in [4.78, 5) is 9.65. The SMILES string of the molecule is Cc1ccc(C2=CC(=NNc3nc(-c4ccccc4)c4ccccc4n3)CC(c3ccc(C)cc3)C2)cc1.